The molecule has 1 heterocycles. The van der Waals surface area contributed by atoms with Crippen LogP contribution in [0.15, 0.2) is 0 Å². The third-order valence-corrected chi connectivity index (χ3v) is 3.69. The van der Waals surface area contributed by atoms with Gasteiger partial charge in [0.2, 0.25) is 5.91 Å². The molecule has 0 N–H and O–H groups in total. The van der Waals surface area contributed by atoms with Gasteiger partial charge in [0.05, 0.1) is 0 Å². The largest absolute Gasteiger partial charge is 0.343 e. The van der Waals surface area contributed by atoms with E-state index in [2.05, 4.69) is 39.5 Å². The molecule has 1 rings (SSSR count). The maximum atomic E-state index is 12.0. The molecule has 0 aliphatic carbocycles. The number of amides is 1. The molecule has 1 aliphatic rings. The lowest BCUT2D eigenvalue weighted by Crippen LogP contribution is -2.39. The van der Waals surface area contributed by atoms with Crippen LogP contribution >= 0.6 is 0 Å². The monoisotopic (exact) mass is 249 g/mol. The SMILES string of the molecule is CC(C)C#CCCC(=O)N1CCC(C(C)C)CC1. The van der Waals surface area contributed by atoms with E-state index in [9.17, 15) is 4.79 Å². The molecule has 0 aromatic heterocycles. The van der Waals surface area contributed by atoms with Gasteiger partial charge in [-0.1, -0.05) is 27.7 Å². The summed E-state index contributed by atoms with van der Waals surface area (Å²) < 4.78 is 0. The minimum Gasteiger partial charge on any atom is -0.343 e. The number of rotatable bonds is 3. The first-order valence-corrected chi connectivity index (χ1v) is 7.27. The standard InChI is InChI=1S/C16H27NO/c1-13(2)7-5-6-8-16(18)17-11-9-15(10-12-17)14(3)4/h13-15H,6,8-12H2,1-4H3. The van der Waals surface area contributed by atoms with Gasteiger partial charge in [-0.05, 0) is 24.7 Å². The van der Waals surface area contributed by atoms with Crippen LogP contribution in [0, 0.1) is 29.6 Å². The topological polar surface area (TPSA) is 20.3 Å². The molecule has 0 spiro atoms. The van der Waals surface area contributed by atoms with E-state index in [-0.39, 0.29) is 5.91 Å². The van der Waals surface area contributed by atoms with Gasteiger partial charge in [-0.3, -0.25) is 4.79 Å². The molecule has 1 aliphatic heterocycles. The summed E-state index contributed by atoms with van der Waals surface area (Å²) in [5, 5.41) is 0. The van der Waals surface area contributed by atoms with Crippen LogP contribution in [-0.2, 0) is 4.79 Å². The van der Waals surface area contributed by atoms with Gasteiger partial charge in [0.1, 0.15) is 0 Å². The van der Waals surface area contributed by atoms with Crippen LogP contribution < -0.4 is 0 Å². The maximum absolute atomic E-state index is 12.0. The van der Waals surface area contributed by atoms with Crippen molar-refractivity contribution in [3.8, 4) is 11.8 Å². The highest BCUT2D eigenvalue weighted by Gasteiger charge is 2.23. The van der Waals surface area contributed by atoms with Crippen molar-refractivity contribution >= 4 is 5.91 Å². The highest BCUT2D eigenvalue weighted by atomic mass is 16.2. The van der Waals surface area contributed by atoms with E-state index in [4.69, 9.17) is 0 Å². The molecule has 2 nitrogen and oxygen atoms in total. The van der Waals surface area contributed by atoms with Gasteiger partial charge in [-0.15, -0.1) is 11.8 Å². The molecule has 0 saturated carbocycles. The molecular formula is C16H27NO. The first-order valence-electron chi connectivity index (χ1n) is 7.27. The van der Waals surface area contributed by atoms with Crippen molar-refractivity contribution in [3.05, 3.63) is 0 Å². The smallest absolute Gasteiger partial charge is 0.223 e. The highest BCUT2D eigenvalue weighted by Crippen LogP contribution is 2.24. The molecule has 0 radical (unpaired) electrons. The Bertz CT molecular complexity index is 314. The van der Waals surface area contributed by atoms with Gasteiger partial charge < -0.3 is 4.90 Å². The van der Waals surface area contributed by atoms with Crippen LogP contribution in [0.3, 0.4) is 0 Å². The fraction of sp³-hybridized carbons (Fsp3) is 0.812. The van der Waals surface area contributed by atoms with E-state index in [1.165, 1.54) is 12.8 Å². The summed E-state index contributed by atoms with van der Waals surface area (Å²) >= 11 is 0. The van der Waals surface area contributed by atoms with E-state index < -0.39 is 0 Å². The van der Waals surface area contributed by atoms with E-state index in [0.29, 0.717) is 18.8 Å². The second kappa shape index (κ2) is 7.46. The Morgan fingerprint density at radius 1 is 1.22 bits per heavy atom. The average Bonchev–Trinajstić information content (AvgIpc) is 2.34. The summed E-state index contributed by atoms with van der Waals surface area (Å²) in [6.07, 6.45) is 3.63. The number of hydrogen-bond donors (Lipinski definition) is 0. The number of hydrogen-bond acceptors (Lipinski definition) is 1. The minimum absolute atomic E-state index is 0.287. The van der Waals surface area contributed by atoms with Crippen molar-refractivity contribution in [3.63, 3.8) is 0 Å². The van der Waals surface area contributed by atoms with Gasteiger partial charge >= 0.3 is 0 Å². The van der Waals surface area contributed by atoms with E-state index in [0.717, 1.165) is 24.9 Å². The van der Waals surface area contributed by atoms with Crippen molar-refractivity contribution in [2.45, 2.75) is 53.4 Å². The lowest BCUT2D eigenvalue weighted by molar-refractivity contribution is -0.132. The van der Waals surface area contributed by atoms with E-state index >= 15 is 0 Å². The Morgan fingerprint density at radius 2 is 1.83 bits per heavy atom. The summed E-state index contributed by atoms with van der Waals surface area (Å²) in [7, 11) is 0. The van der Waals surface area contributed by atoms with Crippen LogP contribution in [0.25, 0.3) is 0 Å². The summed E-state index contributed by atoms with van der Waals surface area (Å²) in [5.41, 5.74) is 0. The molecular weight excluding hydrogens is 222 g/mol. The molecule has 102 valence electrons. The Kier molecular flexibility index (Phi) is 6.25. The Morgan fingerprint density at radius 3 is 2.33 bits per heavy atom. The number of likely N-dealkylation sites (tertiary alicyclic amines) is 1. The molecule has 1 fully saturated rings. The van der Waals surface area contributed by atoms with Crippen molar-refractivity contribution in [2.24, 2.45) is 17.8 Å². The maximum Gasteiger partial charge on any atom is 0.223 e. The van der Waals surface area contributed by atoms with Gasteiger partial charge in [0, 0.05) is 31.8 Å². The average molecular weight is 249 g/mol. The molecule has 0 aromatic carbocycles. The zero-order valence-electron chi connectivity index (χ0n) is 12.3. The van der Waals surface area contributed by atoms with Crippen molar-refractivity contribution in [2.75, 3.05) is 13.1 Å². The Labute approximate surface area is 112 Å². The highest BCUT2D eigenvalue weighted by molar-refractivity contribution is 5.76. The molecule has 2 heteroatoms. The second-order valence-electron chi connectivity index (χ2n) is 5.94. The van der Waals surface area contributed by atoms with Crippen LogP contribution in [0.5, 0.6) is 0 Å². The number of carbonyl (C=O) groups is 1. The van der Waals surface area contributed by atoms with Crippen molar-refractivity contribution < 1.29 is 4.79 Å². The number of piperidine rings is 1. The predicted octanol–water partition coefficient (Wildman–Crippen LogP) is 3.32. The second-order valence-corrected chi connectivity index (χ2v) is 5.94. The normalized spacial score (nSPS) is 16.9. The zero-order chi connectivity index (χ0) is 13.5. The summed E-state index contributed by atoms with van der Waals surface area (Å²) in [6.45, 7) is 10.6. The fourth-order valence-electron chi connectivity index (χ4n) is 2.42. The number of carbonyl (C=O) groups excluding carboxylic acids is 1. The summed E-state index contributed by atoms with van der Waals surface area (Å²) in [5.74, 6) is 8.43. The minimum atomic E-state index is 0.287. The number of nitrogens with zero attached hydrogens (tertiary/aromatic N) is 1. The third-order valence-electron chi connectivity index (χ3n) is 3.69. The lowest BCUT2D eigenvalue weighted by atomic mass is 9.86. The van der Waals surface area contributed by atoms with Crippen LogP contribution in [-0.4, -0.2) is 23.9 Å². The lowest BCUT2D eigenvalue weighted by Gasteiger charge is -2.33. The van der Waals surface area contributed by atoms with Gasteiger partial charge in [-0.2, -0.15) is 0 Å². The molecule has 1 amide bonds. The molecule has 0 bridgehead atoms. The van der Waals surface area contributed by atoms with E-state index in [1.54, 1.807) is 0 Å². The van der Waals surface area contributed by atoms with Crippen LogP contribution in [0.2, 0.25) is 0 Å². The predicted molar refractivity (Wildman–Crippen MR) is 76.0 cm³/mol. The van der Waals surface area contributed by atoms with Crippen LogP contribution in [0.4, 0.5) is 0 Å². The molecule has 18 heavy (non-hydrogen) atoms. The first kappa shape index (κ1) is 15.1. The summed E-state index contributed by atoms with van der Waals surface area (Å²) in [6, 6.07) is 0. The first-order chi connectivity index (χ1) is 8.50. The summed E-state index contributed by atoms with van der Waals surface area (Å²) in [4.78, 5) is 14.0. The van der Waals surface area contributed by atoms with Crippen molar-refractivity contribution in [1.29, 1.82) is 0 Å². The molecule has 0 atom stereocenters. The van der Waals surface area contributed by atoms with Crippen LogP contribution in [0.1, 0.15) is 53.4 Å². The van der Waals surface area contributed by atoms with Crippen molar-refractivity contribution in [1.82, 2.24) is 4.90 Å². The third kappa shape index (κ3) is 5.12. The van der Waals surface area contributed by atoms with Gasteiger partial charge in [0.15, 0.2) is 0 Å². The Balaban J connectivity index is 2.26. The van der Waals surface area contributed by atoms with Gasteiger partial charge in [-0.25, -0.2) is 0 Å². The molecule has 0 unspecified atom stereocenters. The quantitative estimate of drug-likeness (QED) is 0.703. The zero-order valence-corrected chi connectivity index (χ0v) is 12.3. The van der Waals surface area contributed by atoms with E-state index in [1.807, 2.05) is 4.90 Å². The Hall–Kier alpha value is -0.970. The van der Waals surface area contributed by atoms with Gasteiger partial charge in [0.25, 0.3) is 0 Å². The fourth-order valence-corrected chi connectivity index (χ4v) is 2.42. The molecule has 0 aromatic rings. The molecule has 1 saturated heterocycles.